The molecule has 1 aliphatic heterocycles. The molecule has 0 amide bonds. The van der Waals surface area contributed by atoms with Crippen LogP contribution in [0.4, 0.5) is 5.69 Å². The van der Waals surface area contributed by atoms with E-state index in [1.54, 1.807) is 0 Å². The summed E-state index contributed by atoms with van der Waals surface area (Å²) in [5.74, 6) is 1.61. The summed E-state index contributed by atoms with van der Waals surface area (Å²) in [7, 11) is 0. The molecule has 1 fully saturated rings. The number of nitrogens with zero attached hydrogens (tertiary/aromatic N) is 2. The Morgan fingerprint density at radius 3 is 2.75 bits per heavy atom. The van der Waals surface area contributed by atoms with Gasteiger partial charge in [0, 0.05) is 19.6 Å². The van der Waals surface area contributed by atoms with E-state index in [-0.39, 0.29) is 0 Å². The minimum absolute atomic E-state index is 0.522. The van der Waals surface area contributed by atoms with Crippen molar-refractivity contribution in [3.8, 4) is 0 Å². The molecule has 0 radical (unpaired) electrons. The van der Waals surface area contributed by atoms with Crippen LogP contribution in [0.15, 0.2) is 18.3 Å². The number of hydrogen-bond acceptors (Lipinski definition) is 3. The third kappa shape index (κ3) is 2.35. The number of aromatic nitrogens is 1. The van der Waals surface area contributed by atoms with E-state index in [4.69, 9.17) is 5.73 Å². The third-order valence-electron chi connectivity index (χ3n) is 3.72. The Bertz CT molecular complexity index is 334. The smallest absolute Gasteiger partial charge is 0.0553 e. The summed E-state index contributed by atoms with van der Waals surface area (Å²) in [6, 6.07) is 4.16. The quantitative estimate of drug-likeness (QED) is 0.827. The number of pyridine rings is 1. The van der Waals surface area contributed by atoms with Crippen molar-refractivity contribution in [1.29, 1.82) is 0 Å². The van der Waals surface area contributed by atoms with Gasteiger partial charge in [-0.15, -0.1) is 0 Å². The van der Waals surface area contributed by atoms with Gasteiger partial charge in [0.15, 0.2) is 0 Å². The van der Waals surface area contributed by atoms with Gasteiger partial charge in [0.05, 0.1) is 17.6 Å². The molecule has 1 aliphatic rings. The Hall–Kier alpha value is -1.09. The second kappa shape index (κ2) is 4.83. The number of rotatable bonds is 2. The van der Waals surface area contributed by atoms with Gasteiger partial charge in [-0.05, 0) is 30.4 Å². The summed E-state index contributed by atoms with van der Waals surface area (Å²) in [5.41, 5.74) is 7.74. The number of anilines is 1. The Balaban J connectivity index is 2.06. The fourth-order valence-electron chi connectivity index (χ4n) is 2.22. The summed E-state index contributed by atoms with van der Waals surface area (Å²) < 4.78 is 0. The lowest BCUT2D eigenvalue weighted by Gasteiger charge is -2.36. The Kier molecular flexibility index (Phi) is 3.44. The first-order valence-electron chi connectivity index (χ1n) is 6.10. The molecule has 88 valence electrons. The molecule has 2 atom stereocenters. The first-order chi connectivity index (χ1) is 7.70. The molecular weight excluding hydrogens is 198 g/mol. The molecule has 0 aliphatic carbocycles. The van der Waals surface area contributed by atoms with Crippen LogP contribution in [0.1, 0.15) is 26.0 Å². The summed E-state index contributed by atoms with van der Waals surface area (Å²) >= 11 is 0. The molecule has 0 bridgehead atoms. The lowest BCUT2D eigenvalue weighted by Crippen LogP contribution is -2.38. The average molecular weight is 219 g/mol. The molecule has 16 heavy (non-hydrogen) atoms. The summed E-state index contributed by atoms with van der Waals surface area (Å²) in [5, 5.41) is 0. The molecule has 0 saturated carbocycles. The van der Waals surface area contributed by atoms with Gasteiger partial charge in [-0.25, -0.2) is 0 Å². The molecule has 2 unspecified atom stereocenters. The van der Waals surface area contributed by atoms with Crippen molar-refractivity contribution in [3.63, 3.8) is 0 Å². The SMILES string of the molecule is CC1CCN(c2ccc(CN)nc2)CC1C. The maximum absolute atomic E-state index is 5.54. The minimum Gasteiger partial charge on any atom is -0.370 e. The van der Waals surface area contributed by atoms with Gasteiger partial charge in [0.2, 0.25) is 0 Å². The van der Waals surface area contributed by atoms with Crippen LogP contribution in [0.2, 0.25) is 0 Å². The summed E-state index contributed by atoms with van der Waals surface area (Å²) in [4.78, 5) is 6.78. The maximum atomic E-state index is 5.54. The van der Waals surface area contributed by atoms with Gasteiger partial charge in [-0.2, -0.15) is 0 Å². The molecule has 2 heterocycles. The van der Waals surface area contributed by atoms with Crippen molar-refractivity contribution < 1.29 is 0 Å². The molecule has 2 N–H and O–H groups in total. The van der Waals surface area contributed by atoms with Gasteiger partial charge in [-0.1, -0.05) is 13.8 Å². The molecular formula is C13H21N3. The van der Waals surface area contributed by atoms with Crippen molar-refractivity contribution in [1.82, 2.24) is 4.98 Å². The molecule has 1 saturated heterocycles. The van der Waals surface area contributed by atoms with Crippen molar-refractivity contribution in [3.05, 3.63) is 24.0 Å². The third-order valence-corrected chi connectivity index (χ3v) is 3.72. The van der Waals surface area contributed by atoms with Crippen LogP contribution in [0.5, 0.6) is 0 Å². The highest BCUT2D eigenvalue weighted by Crippen LogP contribution is 2.26. The van der Waals surface area contributed by atoms with Gasteiger partial charge < -0.3 is 10.6 Å². The predicted molar refractivity (Wildman–Crippen MR) is 67.3 cm³/mol. The van der Waals surface area contributed by atoms with E-state index in [9.17, 15) is 0 Å². The van der Waals surface area contributed by atoms with Crippen molar-refractivity contribution >= 4 is 5.69 Å². The van der Waals surface area contributed by atoms with E-state index >= 15 is 0 Å². The number of nitrogens with two attached hydrogens (primary N) is 1. The van der Waals surface area contributed by atoms with Crippen LogP contribution in [0.3, 0.4) is 0 Å². The molecule has 1 aromatic rings. The number of piperidine rings is 1. The first kappa shape index (κ1) is 11.4. The standard InChI is InChI=1S/C13H21N3/c1-10-5-6-16(9-11(10)2)13-4-3-12(7-14)15-8-13/h3-4,8,10-11H,5-7,9,14H2,1-2H3. The van der Waals surface area contributed by atoms with E-state index in [1.165, 1.54) is 12.1 Å². The zero-order chi connectivity index (χ0) is 11.5. The van der Waals surface area contributed by atoms with E-state index < -0.39 is 0 Å². The maximum Gasteiger partial charge on any atom is 0.0553 e. The number of hydrogen-bond donors (Lipinski definition) is 1. The van der Waals surface area contributed by atoms with Crippen LogP contribution in [-0.2, 0) is 6.54 Å². The zero-order valence-corrected chi connectivity index (χ0v) is 10.2. The van der Waals surface area contributed by atoms with Crippen LogP contribution in [0, 0.1) is 11.8 Å². The highest BCUT2D eigenvalue weighted by atomic mass is 15.1. The molecule has 3 heteroatoms. The fraction of sp³-hybridized carbons (Fsp3) is 0.615. The lowest BCUT2D eigenvalue weighted by atomic mass is 9.88. The van der Waals surface area contributed by atoms with Crippen LogP contribution >= 0.6 is 0 Å². The lowest BCUT2D eigenvalue weighted by molar-refractivity contribution is 0.324. The molecule has 2 rings (SSSR count). The second-order valence-electron chi connectivity index (χ2n) is 4.90. The van der Waals surface area contributed by atoms with Gasteiger partial charge >= 0.3 is 0 Å². The summed E-state index contributed by atoms with van der Waals surface area (Å²) in [6.45, 7) is 7.49. The fourth-order valence-corrected chi connectivity index (χ4v) is 2.22. The highest BCUT2D eigenvalue weighted by Gasteiger charge is 2.22. The zero-order valence-electron chi connectivity index (χ0n) is 10.2. The predicted octanol–water partition coefficient (Wildman–Crippen LogP) is 2.02. The normalized spacial score (nSPS) is 25.8. The Morgan fingerprint density at radius 2 is 2.19 bits per heavy atom. The summed E-state index contributed by atoms with van der Waals surface area (Å²) in [6.07, 6.45) is 3.23. The van der Waals surface area contributed by atoms with Crippen molar-refractivity contribution in [2.24, 2.45) is 17.6 Å². The first-order valence-corrected chi connectivity index (χ1v) is 6.10. The molecule has 3 nitrogen and oxygen atoms in total. The average Bonchev–Trinajstić information content (AvgIpc) is 2.33. The molecule has 0 spiro atoms. The second-order valence-corrected chi connectivity index (χ2v) is 4.90. The van der Waals surface area contributed by atoms with Crippen LogP contribution in [0.25, 0.3) is 0 Å². The van der Waals surface area contributed by atoms with E-state index in [0.717, 1.165) is 30.6 Å². The van der Waals surface area contributed by atoms with Crippen LogP contribution < -0.4 is 10.6 Å². The molecule has 1 aromatic heterocycles. The van der Waals surface area contributed by atoms with Gasteiger partial charge in [-0.3, -0.25) is 4.98 Å². The topological polar surface area (TPSA) is 42.1 Å². The van der Waals surface area contributed by atoms with E-state index in [2.05, 4.69) is 29.8 Å². The molecule has 0 aromatic carbocycles. The van der Waals surface area contributed by atoms with Crippen molar-refractivity contribution in [2.75, 3.05) is 18.0 Å². The van der Waals surface area contributed by atoms with Gasteiger partial charge in [0.1, 0.15) is 0 Å². The monoisotopic (exact) mass is 219 g/mol. The van der Waals surface area contributed by atoms with Gasteiger partial charge in [0.25, 0.3) is 0 Å². The Morgan fingerprint density at radius 1 is 1.38 bits per heavy atom. The van der Waals surface area contributed by atoms with E-state index in [1.807, 2.05) is 12.3 Å². The largest absolute Gasteiger partial charge is 0.370 e. The van der Waals surface area contributed by atoms with Crippen LogP contribution in [-0.4, -0.2) is 18.1 Å². The van der Waals surface area contributed by atoms with E-state index in [0.29, 0.717) is 6.54 Å². The minimum atomic E-state index is 0.522. The Labute approximate surface area is 97.7 Å². The highest BCUT2D eigenvalue weighted by molar-refractivity contribution is 5.45. The van der Waals surface area contributed by atoms with Crippen molar-refractivity contribution in [2.45, 2.75) is 26.8 Å².